The number of carbonyl (C=O) groups is 1. The Morgan fingerprint density at radius 1 is 1.38 bits per heavy atom. The Hall–Kier alpha value is -3.00. The van der Waals surface area contributed by atoms with E-state index in [2.05, 4.69) is 20.7 Å². The number of amides is 1. The van der Waals surface area contributed by atoms with Crippen LogP contribution in [0.1, 0.15) is 23.0 Å². The lowest BCUT2D eigenvalue weighted by molar-refractivity contribution is -0.123. The Kier molecular flexibility index (Phi) is 5.13. The number of aryl methyl sites for hydroxylation is 2. The van der Waals surface area contributed by atoms with Crippen molar-refractivity contribution in [3.63, 3.8) is 0 Å². The summed E-state index contributed by atoms with van der Waals surface area (Å²) in [5.74, 6) is 0.143. The highest BCUT2D eigenvalue weighted by atomic mass is 19.1. The van der Waals surface area contributed by atoms with Crippen LogP contribution in [0, 0.1) is 12.7 Å². The Balaban J connectivity index is 1.68. The van der Waals surface area contributed by atoms with Gasteiger partial charge in [0.2, 0.25) is 5.91 Å². The molecule has 0 radical (unpaired) electrons. The Labute approximate surface area is 150 Å². The summed E-state index contributed by atoms with van der Waals surface area (Å²) in [5, 5.41) is 9.87. The predicted molar refractivity (Wildman–Crippen MR) is 95.1 cm³/mol. The van der Waals surface area contributed by atoms with Crippen LogP contribution in [0.15, 0.2) is 43.0 Å². The number of rotatable bonds is 6. The lowest BCUT2D eigenvalue weighted by atomic mass is 10.1. The van der Waals surface area contributed by atoms with Crippen LogP contribution in [-0.4, -0.2) is 32.3 Å². The van der Waals surface area contributed by atoms with Crippen LogP contribution in [-0.2, 0) is 18.4 Å². The first-order chi connectivity index (χ1) is 12.5. The molecule has 3 rings (SSSR count). The summed E-state index contributed by atoms with van der Waals surface area (Å²) in [5.41, 5.74) is 1.88. The molecule has 2 aromatic heterocycles. The number of hydrogen-bond acceptors (Lipinski definition) is 4. The number of likely N-dealkylation sites (N-methyl/N-ethyl adjacent to an activating group) is 1. The van der Waals surface area contributed by atoms with Gasteiger partial charge >= 0.3 is 0 Å². The molecule has 0 saturated heterocycles. The molecule has 7 nitrogen and oxygen atoms in total. The van der Waals surface area contributed by atoms with Gasteiger partial charge in [0.25, 0.3) is 0 Å². The molecular formula is C18H21FN6O. The minimum Gasteiger partial charge on any atom is -0.350 e. The third-order valence-electron chi connectivity index (χ3n) is 4.17. The van der Waals surface area contributed by atoms with Crippen molar-refractivity contribution in [2.45, 2.75) is 19.5 Å². The summed E-state index contributed by atoms with van der Waals surface area (Å²) in [7, 11) is 3.50. The number of nitrogens with zero attached hydrogens (tertiary/aromatic N) is 4. The number of imidazole rings is 1. The lowest BCUT2D eigenvalue weighted by Crippen LogP contribution is -2.35. The van der Waals surface area contributed by atoms with Crippen LogP contribution in [0.3, 0.4) is 0 Å². The molecule has 0 fully saturated rings. The van der Waals surface area contributed by atoms with Gasteiger partial charge in [0.1, 0.15) is 17.7 Å². The number of nitrogens with one attached hydrogen (secondary N) is 2. The maximum Gasteiger partial charge on any atom is 0.242 e. The predicted octanol–water partition coefficient (Wildman–Crippen LogP) is 1.63. The van der Waals surface area contributed by atoms with E-state index in [1.807, 2.05) is 6.92 Å². The number of hydrogen-bond donors (Lipinski definition) is 2. The Morgan fingerprint density at radius 3 is 2.77 bits per heavy atom. The molecule has 0 spiro atoms. The molecule has 3 aromatic rings. The van der Waals surface area contributed by atoms with E-state index < -0.39 is 6.04 Å². The van der Waals surface area contributed by atoms with Crippen LogP contribution in [0.5, 0.6) is 0 Å². The van der Waals surface area contributed by atoms with Crippen LogP contribution < -0.4 is 10.6 Å². The van der Waals surface area contributed by atoms with Gasteiger partial charge in [-0.15, -0.1) is 0 Å². The molecule has 0 aliphatic rings. The van der Waals surface area contributed by atoms with Crippen molar-refractivity contribution in [3.8, 4) is 5.69 Å². The van der Waals surface area contributed by atoms with Crippen LogP contribution in [0.4, 0.5) is 4.39 Å². The quantitative estimate of drug-likeness (QED) is 0.704. The Morgan fingerprint density at radius 2 is 2.19 bits per heavy atom. The van der Waals surface area contributed by atoms with E-state index in [0.717, 1.165) is 5.56 Å². The van der Waals surface area contributed by atoms with Crippen molar-refractivity contribution in [3.05, 3.63) is 65.8 Å². The zero-order valence-corrected chi connectivity index (χ0v) is 14.9. The third kappa shape index (κ3) is 3.65. The molecule has 2 N–H and O–H groups in total. The summed E-state index contributed by atoms with van der Waals surface area (Å²) in [6.07, 6.45) is 6.76. The van der Waals surface area contributed by atoms with E-state index >= 15 is 0 Å². The fourth-order valence-electron chi connectivity index (χ4n) is 2.82. The normalized spacial score (nSPS) is 12.2. The summed E-state index contributed by atoms with van der Waals surface area (Å²) in [6, 6.07) is 4.38. The van der Waals surface area contributed by atoms with Gasteiger partial charge in [0, 0.05) is 37.7 Å². The van der Waals surface area contributed by atoms with Crippen molar-refractivity contribution < 1.29 is 9.18 Å². The van der Waals surface area contributed by atoms with Crippen molar-refractivity contribution in [1.29, 1.82) is 0 Å². The first-order valence-corrected chi connectivity index (χ1v) is 8.22. The molecule has 8 heteroatoms. The molecule has 0 bridgehead atoms. The standard InChI is InChI=1S/C18H21FN6O/c1-12-21-6-7-25(12)16-5-4-13(8-15(16)19)9-22-18(26)17(20-2)14-10-23-24(3)11-14/h4-8,10-11,17,20H,9H2,1-3H3,(H,22,26). The topological polar surface area (TPSA) is 76.8 Å². The van der Waals surface area contributed by atoms with Crippen molar-refractivity contribution in [1.82, 2.24) is 30.0 Å². The number of aromatic nitrogens is 4. The van der Waals surface area contributed by atoms with Crippen LogP contribution in [0.2, 0.25) is 0 Å². The van der Waals surface area contributed by atoms with Gasteiger partial charge < -0.3 is 15.2 Å². The molecule has 1 amide bonds. The summed E-state index contributed by atoms with van der Waals surface area (Å²) < 4.78 is 17.7. The summed E-state index contributed by atoms with van der Waals surface area (Å²) in [4.78, 5) is 16.5. The fourth-order valence-corrected chi connectivity index (χ4v) is 2.82. The minimum absolute atomic E-state index is 0.199. The molecule has 1 atom stereocenters. The van der Waals surface area contributed by atoms with E-state index in [-0.39, 0.29) is 18.3 Å². The van der Waals surface area contributed by atoms with Crippen LogP contribution in [0.25, 0.3) is 5.69 Å². The van der Waals surface area contributed by atoms with Crippen molar-refractivity contribution in [2.75, 3.05) is 7.05 Å². The largest absolute Gasteiger partial charge is 0.350 e. The average molecular weight is 356 g/mol. The van der Waals surface area contributed by atoms with E-state index in [1.165, 1.54) is 6.07 Å². The van der Waals surface area contributed by atoms with Crippen molar-refractivity contribution in [2.24, 2.45) is 7.05 Å². The van der Waals surface area contributed by atoms with Gasteiger partial charge in [-0.3, -0.25) is 9.48 Å². The maximum absolute atomic E-state index is 14.4. The van der Waals surface area contributed by atoms with E-state index in [4.69, 9.17) is 0 Å². The second-order valence-electron chi connectivity index (χ2n) is 6.02. The highest BCUT2D eigenvalue weighted by Gasteiger charge is 2.20. The minimum atomic E-state index is -0.513. The van der Waals surface area contributed by atoms with Gasteiger partial charge in [0.15, 0.2) is 0 Å². The zero-order chi connectivity index (χ0) is 18.7. The summed E-state index contributed by atoms with van der Waals surface area (Å²) in [6.45, 7) is 2.04. The second kappa shape index (κ2) is 7.49. The summed E-state index contributed by atoms with van der Waals surface area (Å²) >= 11 is 0. The fraction of sp³-hybridized carbons (Fsp3) is 0.278. The highest BCUT2D eigenvalue weighted by molar-refractivity contribution is 5.83. The molecule has 0 aliphatic carbocycles. The number of benzene rings is 1. The number of carbonyl (C=O) groups excluding carboxylic acids is 1. The van der Waals surface area contributed by atoms with Gasteiger partial charge in [-0.25, -0.2) is 9.37 Å². The molecular weight excluding hydrogens is 335 g/mol. The maximum atomic E-state index is 14.4. The molecule has 1 aromatic carbocycles. The van der Waals surface area contributed by atoms with Crippen LogP contribution >= 0.6 is 0 Å². The van der Waals surface area contributed by atoms with Crippen molar-refractivity contribution >= 4 is 5.91 Å². The van der Waals surface area contributed by atoms with E-state index in [9.17, 15) is 9.18 Å². The highest BCUT2D eigenvalue weighted by Crippen LogP contribution is 2.17. The Bertz CT molecular complexity index is 916. The molecule has 26 heavy (non-hydrogen) atoms. The second-order valence-corrected chi connectivity index (χ2v) is 6.02. The first-order valence-electron chi connectivity index (χ1n) is 8.22. The lowest BCUT2D eigenvalue weighted by Gasteiger charge is -2.15. The van der Waals surface area contributed by atoms with Gasteiger partial charge in [-0.2, -0.15) is 5.10 Å². The average Bonchev–Trinajstić information content (AvgIpc) is 3.22. The SMILES string of the molecule is CNC(C(=O)NCc1ccc(-n2ccnc2C)c(F)c1)c1cnn(C)c1. The molecule has 2 heterocycles. The molecule has 136 valence electrons. The van der Waals surface area contributed by atoms with Gasteiger partial charge in [-0.05, 0) is 31.7 Å². The van der Waals surface area contributed by atoms with E-state index in [0.29, 0.717) is 17.1 Å². The van der Waals surface area contributed by atoms with Gasteiger partial charge in [0.05, 0.1) is 11.9 Å². The van der Waals surface area contributed by atoms with E-state index in [1.54, 1.807) is 60.3 Å². The molecule has 0 saturated carbocycles. The smallest absolute Gasteiger partial charge is 0.242 e. The monoisotopic (exact) mass is 356 g/mol. The number of halogens is 1. The zero-order valence-electron chi connectivity index (χ0n) is 14.9. The van der Waals surface area contributed by atoms with Gasteiger partial charge in [-0.1, -0.05) is 6.07 Å². The molecule has 0 aliphatic heterocycles. The molecule has 1 unspecified atom stereocenters. The first kappa shape index (κ1) is 17.8. The third-order valence-corrected chi connectivity index (χ3v) is 4.17.